The molecule has 0 aliphatic rings. The van der Waals surface area contributed by atoms with Crippen molar-refractivity contribution in [2.75, 3.05) is 39.6 Å². The first-order valence-electron chi connectivity index (χ1n) is 36.8. The highest BCUT2D eigenvalue weighted by Crippen LogP contribution is 2.45. The van der Waals surface area contributed by atoms with E-state index < -0.39 is 97.5 Å². The Morgan fingerprint density at radius 1 is 0.311 bits per heavy atom. The quantitative estimate of drug-likeness (QED) is 0.0222. The summed E-state index contributed by atoms with van der Waals surface area (Å²) in [5.41, 5.74) is 0. The Labute approximate surface area is 549 Å². The Hall–Kier alpha value is -1.94. The molecule has 0 aliphatic carbocycles. The van der Waals surface area contributed by atoms with Gasteiger partial charge in [0.05, 0.1) is 26.4 Å². The van der Waals surface area contributed by atoms with Crippen LogP contribution >= 0.6 is 15.6 Å². The SMILES string of the molecule is CCC(C)CCCCCCCCCCCCC(=O)OC[C@H](COP(=O)(O)OC[C@@H](O)COP(=O)(O)OC[C@@H](COC(=O)CCCCCCCCC(C)CC)OC(=O)CCCCCCCCCCCCCCC(C)C)OC(=O)CCCCCCCCCCC(C)C. The molecule has 0 saturated carbocycles. The summed E-state index contributed by atoms with van der Waals surface area (Å²) in [7, 11) is -9.90. The van der Waals surface area contributed by atoms with Crippen LogP contribution in [0.1, 0.15) is 351 Å². The first kappa shape index (κ1) is 88.1. The lowest BCUT2D eigenvalue weighted by atomic mass is 9.99. The number of phosphoric acid groups is 2. The fourth-order valence-electron chi connectivity index (χ4n) is 10.6. The minimum atomic E-state index is -4.95. The molecule has 0 aromatic heterocycles. The van der Waals surface area contributed by atoms with Crippen molar-refractivity contribution in [2.24, 2.45) is 23.7 Å². The van der Waals surface area contributed by atoms with Gasteiger partial charge in [-0.3, -0.25) is 37.3 Å². The number of ether oxygens (including phenoxy) is 4. The molecule has 0 amide bonds. The van der Waals surface area contributed by atoms with Crippen molar-refractivity contribution < 1.29 is 80.2 Å². The van der Waals surface area contributed by atoms with Crippen LogP contribution in [-0.2, 0) is 65.4 Å². The Bertz CT molecular complexity index is 1790. The van der Waals surface area contributed by atoms with E-state index in [0.717, 1.165) is 120 Å². The molecule has 90 heavy (non-hydrogen) atoms. The summed E-state index contributed by atoms with van der Waals surface area (Å²) < 4.78 is 68.3. The van der Waals surface area contributed by atoms with Gasteiger partial charge < -0.3 is 33.8 Å². The van der Waals surface area contributed by atoms with E-state index in [1.54, 1.807) is 0 Å². The molecule has 17 nitrogen and oxygen atoms in total. The Morgan fingerprint density at radius 2 is 0.533 bits per heavy atom. The standard InChI is InChI=1S/C71H138O17P2/c1-9-63(7)49-41-33-25-18-15-16-19-26-35-43-51-68(73)81-57-66(88-71(76)54-46-38-28-22-21-24-32-40-48-62(5)6)59-85-89(77,78)83-55-65(72)56-84-90(79,80)86-60-67(58-82-69(74)52-44-36-30-29-34-42-50-64(8)10-2)87-70(75)53-45-37-27-20-14-12-11-13-17-23-31-39-47-61(3)4/h61-67,72H,9-60H2,1-8H3,(H,77,78)(H,79,80)/t63?,64?,65-,66-,67-/m1/s1. The fourth-order valence-corrected chi connectivity index (χ4v) is 12.2. The van der Waals surface area contributed by atoms with Crippen LogP contribution in [0.5, 0.6) is 0 Å². The molecule has 4 unspecified atom stereocenters. The molecule has 0 aromatic rings. The number of esters is 4. The number of hydrogen-bond donors (Lipinski definition) is 3. The molecule has 0 aliphatic heterocycles. The zero-order chi connectivity index (χ0) is 66.8. The van der Waals surface area contributed by atoms with Gasteiger partial charge in [-0.05, 0) is 49.4 Å². The van der Waals surface area contributed by atoms with Gasteiger partial charge in [0.15, 0.2) is 12.2 Å². The molecular formula is C71H138O17P2. The van der Waals surface area contributed by atoms with Crippen molar-refractivity contribution in [1.82, 2.24) is 0 Å². The third kappa shape index (κ3) is 62.2. The van der Waals surface area contributed by atoms with E-state index in [-0.39, 0.29) is 25.7 Å². The predicted molar refractivity (Wildman–Crippen MR) is 363 cm³/mol. The normalized spacial score (nSPS) is 14.9. The number of carbonyl (C=O) groups excluding carboxylic acids is 4. The van der Waals surface area contributed by atoms with Gasteiger partial charge in [0.1, 0.15) is 19.3 Å². The van der Waals surface area contributed by atoms with E-state index >= 15 is 0 Å². The number of rotatable bonds is 68. The lowest BCUT2D eigenvalue weighted by molar-refractivity contribution is -0.161. The van der Waals surface area contributed by atoms with Crippen LogP contribution in [0.25, 0.3) is 0 Å². The maximum Gasteiger partial charge on any atom is 0.472 e. The molecule has 0 fully saturated rings. The summed E-state index contributed by atoms with van der Waals surface area (Å²) in [6, 6.07) is 0. The number of hydrogen-bond acceptors (Lipinski definition) is 15. The van der Waals surface area contributed by atoms with Crippen molar-refractivity contribution in [3.63, 3.8) is 0 Å². The van der Waals surface area contributed by atoms with E-state index in [2.05, 4.69) is 55.4 Å². The van der Waals surface area contributed by atoms with Gasteiger partial charge >= 0.3 is 39.5 Å². The summed E-state index contributed by atoms with van der Waals surface area (Å²) in [5.74, 6) is 0.906. The topological polar surface area (TPSA) is 237 Å². The van der Waals surface area contributed by atoms with Crippen LogP contribution in [-0.4, -0.2) is 96.7 Å². The van der Waals surface area contributed by atoms with E-state index in [0.29, 0.717) is 25.7 Å². The van der Waals surface area contributed by atoms with Crippen LogP contribution in [0.3, 0.4) is 0 Å². The van der Waals surface area contributed by atoms with Crippen molar-refractivity contribution in [3.8, 4) is 0 Å². The highest BCUT2D eigenvalue weighted by atomic mass is 31.2. The molecule has 0 radical (unpaired) electrons. The molecule has 3 N–H and O–H groups in total. The molecule has 0 aromatic carbocycles. The number of unbranched alkanes of at least 4 members (excludes halogenated alkanes) is 32. The lowest BCUT2D eigenvalue weighted by Gasteiger charge is -2.21. The predicted octanol–water partition coefficient (Wildman–Crippen LogP) is 20.1. The zero-order valence-corrected chi connectivity index (χ0v) is 60.6. The maximum absolute atomic E-state index is 13.0. The minimum Gasteiger partial charge on any atom is -0.462 e. The number of phosphoric ester groups is 2. The Kier molecular flexibility index (Phi) is 59.4. The molecule has 0 heterocycles. The zero-order valence-electron chi connectivity index (χ0n) is 58.8. The third-order valence-corrected chi connectivity index (χ3v) is 18.9. The monoisotopic (exact) mass is 1320 g/mol. The average molecular weight is 1330 g/mol. The second-order valence-electron chi connectivity index (χ2n) is 27.1. The van der Waals surface area contributed by atoms with Gasteiger partial charge in [-0.25, -0.2) is 9.13 Å². The van der Waals surface area contributed by atoms with Gasteiger partial charge in [0.2, 0.25) is 0 Å². The van der Waals surface area contributed by atoms with E-state index in [1.165, 1.54) is 148 Å². The summed E-state index contributed by atoms with van der Waals surface area (Å²) in [4.78, 5) is 72.6. The second kappa shape index (κ2) is 60.7. The van der Waals surface area contributed by atoms with Crippen molar-refractivity contribution >= 4 is 39.5 Å². The van der Waals surface area contributed by atoms with Crippen LogP contribution < -0.4 is 0 Å². The largest absolute Gasteiger partial charge is 0.472 e. The van der Waals surface area contributed by atoms with Crippen molar-refractivity contribution in [3.05, 3.63) is 0 Å². The molecule has 19 heteroatoms. The lowest BCUT2D eigenvalue weighted by Crippen LogP contribution is -2.30. The third-order valence-electron chi connectivity index (χ3n) is 17.0. The Morgan fingerprint density at radius 3 is 0.789 bits per heavy atom. The Balaban J connectivity index is 5.25. The second-order valence-corrected chi connectivity index (χ2v) is 30.0. The summed E-state index contributed by atoms with van der Waals surface area (Å²) >= 11 is 0. The summed E-state index contributed by atoms with van der Waals surface area (Å²) in [6.45, 7) is 14.1. The smallest absolute Gasteiger partial charge is 0.462 e. The first-order valence-corrected chi connectivity index (χ1v) is 39.8. The van der Waals surface area contributed by atoms with Gasteiger partial charge in [0, 0.05) is 25.7 Å². The molecule has 0 bridgehead atoms. The minimum absolute atomic E-state index is 0.104. The summed E-state index contributed by atoms with van der Waals surface area (Å²) in [5, 5.41) is 10.6. The van der Waals surface area contributed by atoms with Gasteiger partial charge in [-0.1, -0.05) is 299 Å². The fraction of sp³-hybridized carbons (Fsp3) is 0.944. The molecule has 7 atom stereocenters. The molecule has 534 valence electrons. The average Bonchev–Trinajstić information content (AvgIpc) is 3.59. The number of aliphatic hydroxyl groups is 1. The van der Waals surface area contributed by atoms with Crippen LogP contribution in [0.15, 0.2) is 0 Å². The molecule has 0 rings (SSSR count). The van der Waals surface area contributed by atoms with Crippen LogP contribution in [0.2, 0.25) is 0 Å². The van der Waals surface area contributed by atoms with Crippen molar-refractivity contribution in [1.29, 1.82) is 0 Å². The highest BCUT2D eigenvalue weighted by Gasteiger charge is 2.30. The maximum atomic E-state index is 13.0. The van der Waals surface area contributed by atoms with E-state index in [4.69, 9.17) is 37.0 Å². The summed E-state index contributed by atoms with van der Waals surface area (Å²) in [6.07, 6.45) is 43.0. The van der Waals surface area contributed by atoms with Crippen LogP contribution in [0, 0.1) is 23.7 Å². The van der Waals surface area contributed by atoms with E-state index in [1.807, 2.05) is 0 Å². The van der Waals surface area contributed by atoms with Crippen LogP contribution in [0.4, 0.5) is 0 Å². The van der Waals surface area contributed by atoms with E-state index in [9.17, 15) is 43.2 Å². The molecular weight excluding hydrogens is 1190 g/mol. The highest BCUT2D eigenvalue weighted by molar-refractivity contribution is 7.47. The van der Waals surface area contributed by atoms with Crippen molar-refractivity contribution in [2.45, 2.75) is 369 Å². The molecule has 0 spiro atoms. The molecule has 0 saturated heterocycles. The number of aliphatic hydroxyl groups excluding tert-OH is 1. The first-order chi connectivity index (χ1) is 43.2. The van der Waals surface area contributed by atoms with Gasteiger partial charge in [-0.2, -0.15) is 0 Å². The number of carbonyl (C=O) groups is 4. The van der Waals surface area contributed by atoms with Gasteiger partial charge in [0.25, 0.3) is 0 Å². The van der Waals surface area contributed by atoms with Gasteiger partial charge in [-0.15, -0.1) is 0 Å².